The fourth-order valence-electron chi connectivity index (χ4n) is 2.06. The summed E-state index contributed by atoms with van der Waals surface area (Å²) in [6.45, 7) is 8.70. The number of hydrogen-bond donors (Lipinski definition) is 2. The minimum atomic E-state index is -1.35. The molecule has 104 valence electrons. The van der Waals surface area contributed by atoms with Crippen LogP contribution in [0.3, 0.4) is 0 Å². The lowest BCUT2D eigenvalue weighted by molar-refractivity contribution is -0.153. The summed E-state index contributed by atoms with van der Waals surface area (Å²) in [5, 5.41) is 11.7. The second-order valence-corrected chi connectivity index (χ2v) is 5.75. The number of aliphatic carboxylic acids is 1. The molecule has 18 heavy (non-hydrogen) atoms. The largest absolute Gasteiger partial charge is 0.480 e. The molecule has 0 aromatic carbocycles. The molecule has 1 aliphatic heterocycles. The highest BCUT2D eigenvalue weighted by Crippen LogP contribution is 2.15. The zero-order valence-electron chi connectivity index (χ0n) is 11.5. The number of rotatable bonds is 6. The van der Waals surface area contributed by atoms with E-state index in [1.165, 1.54) is 26.7 Å². The van der Waals surface area contributed by atoms with Crippen LogP contribution in [0.4, 0.5) is 0 Å². The average Bonchev–Trinajstić information content (AvgIpc) is 2.78. The molecule has 0 radical (unpaired) electrons. The Kier molecular flexibility index (Phi) is 5.14. The Labute approximate surface area is 109 Å². The number of amides is 1. The van der Waals surface area contributed by atoms with Gasteiger partial charge in [-0.2, -0.15) is 0 Å². The summed E-state index contributed by atoms with van der Waals surface area (Å²) in [6.07, 6.45) is 2.51. The molecule has 0 aliphatic carbocycles. The smallest absolute Gasteiger partial charge is 0.318 e. The highest BCUT2D eigenvalue weighted by atomic mass is 16.4. The van der Waals surface area contributed by atoms with Crippen LogP contribution in [0.15, 0.2) is 0 Å². The second kappa shape index (κ2) is 6.18. The van der Waals surface area contributed by atoms with Crippen molar-refractivity contribution in [3.05, 3.63) is 0 Å². The molecule has 0 saturated carbocycles. The van der Waals surface area contributed by atoms with Gasteiger partial charge in [0.05, 0.1) is 0 Å². The SMILES string of the molecule is CC(CNC(=O)C(C)(C)C(=O)O)CN1CCCC1. The van der Waals surface area contributed by atoms with Crippen LogP contribution in [0.2, 0.25) is 0 Å². The van der Waals surface area contributed by atoms with Gasteiger partial charge < -0.3 is 15.3 Å². The van der Waals surface area contributed by atoms with Crippen molar-refractivity contribution in [3.8, 4) is 0 Å². The van der Waals surface area contributed by atoms with Gasteiger partial charge in [-0.15, -0.1) is 0 Å². The van der Waals surface area contributed by atoms with Crippen molar-refractivity contribution >= 4 is 11.9 Å². The lowest BCUT2D eigenvalue weighted by Crippen LogP contribution is -2.44. The number of carboxylic acid groups (broad SMARTS) is 1. The number of hydrogen-bond acceptors (Lipinski definition) is 3. The molecular weight excluding hydrogens is 232 g/mol. The van der Waals surface area contributed by atoms with Crippen molar-refractivity contribution in [3.63, 3.8) is 0 Å². The quantitative estimate of drug-likeness (QED) is 0.694. The van der Waals surface area contributed by atoms with Crippen molar-refractivity contribution in [2.24, 2.45) is 11.3 Å². The van der Waals surface area contributed by atoms with E-state index in [-0.39, 0.29) is 0 Å². The van der Waals surface area contributed by atoms with Crippen LogP contribution >= 0.6 is 0 Å². The fraction of sp³-hybridized carbons (Fsp3) is 0.846. The summed E-state index contributed by atoms with van der Waals surface area (Å²) < 4.78 is 0. The van der Waals surface area contributed by atoms with Crippen molar-refractivity contribution in [1.29, 1.82) is 0 Å². The van der Waals surface area contributed by atoms with Crippen LogP contribution in [0.1, 0.15) is 33.6 Å². The Balaban J connectivity index is 2.31. The number of carbonyl (C=O) groups is 2. The molecular formula is C13H24N2O3. The van der Waals surface area contributed by atoms with E-state index in [9.17, 15) is 9.59 Å². The third-order valence-electron chi connectivity index (χ3n) is 3.48. The number of carboxylic acids is 1. The van der Waals surface area contributed by atoms with Crippen molar-refractivity contribution in [2.75, 3.05) is 26.2 Å². The van der Waals surface area contributed by atoms with E-state index < -0.39 is 17.3 Å². The first kappa shape index (κ1) is 15.0. The van der Waals surface area contributed by atoms with Gasteiger partial charge in [-0.05, 0) is 45.7 Å². The summed E-state index contributed by atoms with van der Waals surface area (Å²) in [7, 11) is 0. The van der Waals surface area contributed by atoms with Crippen LogP contribution in [0.5, 0.6) is 0 Å². The topological polar surface area (TPSA) is 69.6 Å². The highest BCUT2D eigenvalue weighted by molar-refractivity contribution is 6.00. The maximum atomic E-state index is 11.7. The molecule has 1 fully saturated rings. The lowest BCUT2D eigenvalue weighted by Gasteiger charge is -2.23. The Morgan fingerprint density at radius 3 is 2.39 bits per heavy atom. The van der Waals surface area contributed by atoms with Gasteiger partial charge >= 0.3 is 5.97 Å². The van der Waals surface area contributed by atoms with Gasteiger partial charge in [-0.3, -0.25) is 9.59 Å². The zero-order valence-corrected chi connectivity index (χ0v) is 11.5. The second-order valence-electron chi connectivity index (χ2n) is 5.75. The summed E-state index contributed by atoms with van der Waals surface area (Å²) >= 11 is 0. The molecule has 2 N–H and O–H groups in total. The number of carbonyl (C=O) groups excluding carboxylic acids is 1. The van der Waals surface area contributed by atoms with Gasteiger partial charge in [0.2, 0.25) is 5.91 Å². The molecule has 0 aromatic heterocycles. The van der Waals surface area contributed by atoms with Gasteiger partial charge in [0.15, 0.2) is 0 Å². The van der Waals surface area contributed by atoms with Gasteiger partial charge in [-0.25, -0.2) is 0 Å². The fourth-order valence-corrected chi connectivity index (χ4v) is 2.06. The molecule has 1 atom stereocenters. The Bertz CT molecular complexity index is 309. The van der Waals surface area contributed by atoms with Gasteiger partial charge in [-0.1, -0.05) is 6.92 Å². The van der Waals surface area contributed by atoms with Crippen LogP contribution in [0, 0.1) is 11.3 Å². The highest BCUT2D eigenvalue weighted by Gasteiger charge is 2.35. The number of nitrogens with one attached hydrogen (secondary N) is 1. The maximum Gasteiger partial charge on any atom is 0.318 e. The Morgan fingerprint density at radius 2 is 1.89 bits per heavy atom. The lowest BCUT2D eigenvalue weighted by atomic mass is 9.92. The normalized spacial score (nSPS) is 18.6. The monoisotopic (exact) mass is 256 g/mol. The summed E-state index contributed by atoms with van der Waals surface area (Å²) in [5.74, 6) is -1.16. The number of likely N-dealkylation sites (tertiary alicyclic amines) is 1. The molecule has 0 bridgehead atoms. The van der Waals surface area contributed by atoms with E-state index in [0.29, 0.717) is 12.5 Å². The van der Waals surface area contributed by atoms with Gasteiger partial charge in [0.25, 0.3) is 0 Å². The van der Waals surface area contributed by atoms with E-state index in [2.05, 4.69) is 17.1 Å². The summed E-state index contributed by atoms with van der Waals surface area (Å²) in [6, 6.07) is 0. The standard InChI is InChI=1S/C13H24N2O3/c1-10(9-15-6-4-5-7-15)8-14-11(16)13(2,3)12(17)18/h10H,4-9H2,1-3H3,(H,14,16)(H,17,18). The van der Waals surface area contributed by atoms with Gasteiger partial charge in [0.1, 0.15) is 5.41 Å². The van der Waals surface area contributed by atoms with E-state index in [1.54, 1.807) is 0 Å². The first-order valence-corrected chi connectivity index (χ1v) is 6.58. The molecule has 1 aliphatic rings. The molecule has 1 unspecified atom stereocenters. The number of nitrogens with zero attached hydrogens (tertiary/aromatic N) is 1. The van der Waals surface area contributed by atoms with Crippen LogP contribution in [-0.4, -0.2) is 48.1 Å². The van der Waals surface area contributed by atoms with E-state index in [4.69, 9.17) is 5.11 Å². The summed E-state index contributed by atoms with van der Waals surface area (Å²) in [5.41, 5.74) is -1.35. The molecule has 1 saturated heterocycles. The van der Waals surface area contributed by atoms with Crippen molar-refractivity contribution in [1.82, 2.24) is 10.2 Å². The third kappa shape index (κ3) is 3.98. The van der Waals surface area contributed by atoms with Gasteiger partial charge in [0, 0.05) is 13.1 Å². The van der Waals surface area contributed by atoms with Crippen molar-refractivity contribution < 1.29 is 14.7 Å². The van der Waals surface area contributed by atoms with E-state index in [1.807, 2.05) is 0 Å². The predicted octanol–water partition coefficient (Wildman–Crippen LogP) is 0.945. The maximum absolute atomic E-state index is 11.7. The molecule has 1 amide bonds. The first-order valence-electron chi connectivity index (χ1n) is 6.58. The molecule has 5 heteroatoms. The average molecular weight is 256 g/mol. The minimum absolute atomic E-state index is 0.344. The predicted molar refractivity (Wildman–Crippen MR) is 69.3 cm³/mol. The minimum Gasteiger partial charge on any atom is -0.480 e. The third-order valence-corrected chi connectivity index (χ3v) is 3.48. The van der Waals surface area contributed by atoms with Crippen LogP contribution in [-0.2, 0) is 9.59 Å². The van der Waals surface area contributed by atoms with Crippen LogP contribution in [0.25, 0.3) is 0 Å². The van der Waals surface area contributed by atoms with Crippen molar-refractivity contribution in [2.45, 2.75) is 33.6 Å². The summed E-state index contributed by atoms with van der Waals surface area (Å²) in [4.78, 5) is 25.0. The molecule has 1 rings (SSSR count). The molecule has 0 aromatic rings. The van der Waals surface area contributed by atoms with E-state index in [0.717, 1.165) is 19.6 Å². The molecule has 1 heterocycles. The van der Waals surface area contributed by atoms with E-state index >= 15 is 0 Å². The first-order chi connectivity index (χ1) is 8.34. The molecule has 0 spiro atoms. The van der Waals surface area contributed by atoms with Crippen LogP contribution < -0.4 is 5.32 Å². The Morgan fingerprint density at radius 1 is 1.33 bits per heavy atom. The molecule has 5 nitrogen and oxygen atoms in total. The zero-order chi connectivity index (χ0) is 13.8. The Hall–Kier alpha value is -1.10.